The van der Waals surface area contributed by atoms with Crippen LogP contribution in [0.5, 0.6) is 11.5 Å². The maximum atomic E-state index is 12.5. The number of halogens is 1. The number of hydrogen-bond donors (Lipinski definition) is 0. The molecule has 1 atom stereocenters. The Morgan fingerprint density at radius 1 is 1.31 bits per heavy atom. The first-order valence-electron chi connectivity index (χ1n) is 9.21. The third-order valence-corrected chi connectivity index (χ3v) is 5.36. The summed E-state index contributed by atoms with van der Waals surface area (Å²) in [6.07, 6.45) is 6.89. The van der Waals surface area contributed by atoms with Crippen LogP contribution >= 0.6 is 12.4 Å². The molecule has 0 spiro atoms. The van der Waals surface area contributed by atoms with Crippen molar-refractivity contribution in [1.29, 1.82) is 0 Å². The molecule has 2 aliphatic heterocycles. The van der Waals surface area contributed by atoms with E-state index in [1.807, 2.05) is 36.2 Å². The lowest BCUT2D eigenvalue weighted by Gasteiger charge is -2.28. The molecule has 0 saturated carbocycles. The Balaban J connectivity index is 0.00000243. The van der Waals surface area contributed by atoms with Crippen molar-refractivity contribution in [2.24, 2.45) is 0 Å². The quantitative estimate of drug-likeness (QED) is 0.707. The van der Waals surface area contributed by atoms with Crippen molar-refractivity contribution in [3.8, 4) is 11.5 Å². The molecule has 0 aromatic heterocycles. The molecule has 5 nitrogen and oxygen atoms in total. The van der Waals surface area contributed by atoms with Crippen LogP contribution in [0.3, 0.4) is 0 Å². The Morgan fingerprint density at radius 2 is 2.04 bits per heavy atom. The molecule has 0 N–H and O–H groups in total. The van der Waals surface area contributed by atoms with Crippen LogP contribution in [0.1, 0.15) is 38.7 Å². The maximum absolute atomic E-state index is 12.5. The van der Waals surface area contributed by atoms with E-state index in [1.54, 1.807) is 6.08 Å². The van der Waals surface area contributed by atoms with E-state index < -0.39 is 0 Å². The number of nitrogens with zero attached hydrogens (tertiary/aromatic N) is 2. The molecular formula is C20H29ClN2O3. The molecule has 0 radical (unpaired) electrons. The molecule has 1 saturated heterocycles. The lowest BCUT2D eigenvalue weighted by Crippen LogP contribution is -2.40. The minimum Gasteiger partial charge on any atom is -0.454 e. The van der Waals surface area contributed by atoms with Crippen LogP contribution in [0.25, 0.3) is 6.08 Å². The van der Waals surface area contributed by atoms with E-state index >= 15 is 0 Å². The highest BCUT2D eigenvalue weighted by molar-refractivity contribution is 5.92. The third kappa shape index (κ3) is 4.51. The molecule has 1 unspecified atom stereocenters. The van der Waals surface area contributed by atoms with Gasteiger partial charge in [0.15, 0.2) is 11.5 Å². The summed E-state index contributed by atoms with van der Waals surface area (Å²) in [4.78, 5) is 16.9. The third-order valence-electron chi connectivity index (χ3n) is 5.36. The largest absolute Gasteiger partial charge is 0.454 e. The number of likely N-dealkylation sites (N-methyl/N-ethyl adjacent to an activating group) is 1. The summed E-state index contributed by atoms with van der Waals surface area (Å²) in [5.41, 5.74) is 0.941. The predicted molar refractivity (Wildman–Crippen MR) is 106 cm³/mol. The number of ether oxygens (including phenoxy) is 2. The van der Waals surface area contributed by atoms with E-state index in [1.165, 1.54) is 12.8 Å². The first-order chi connectivity index (χ1) is 12.1. The first kappa shape index (κ1) is 20.6. The number of carbonyl (C=O) groups is 1. The highest BCUT2D eigenvalue weighted by atomic mass is 35.5. The van der Waals surface area contributed by atoms with Gasteiger partial charge in [-0.15, -0.1) is 12.4 Å². The lowest BCUT2D eigenvalue weighted by atomic mass is 10.1. The standard InChI is InChI=1S/C20H28N2O3.ClH/c1-4-16(5-2)22-11-10-17(13-22)21(3)20(23)9-7-15-6-8-18-19(12-15)25-14-24-18;/h6-9,12,16-17H,4-5,10-11,13-14H2,1-3H3;1H/b9-7+;. The minimum absolute atomic E-state index is 0. The van der Waals surface area contributed by atoms with E-state index in [4.69, 9.17) is 9.47 Å². The second kappa shape index (κ2) is 9.28. The van der Waals surface area contributed by atoms with Gasteiger partial charge < -0.3 is 14.4 Å². The molecular weight excluding hydrogens is 352 g/mol. The molecule has 1 amide bonds. The van der Waals surface area contributed by atoms with Gasteiger partial charge in [-0.1, -0.05) is 19.9 Å². The van der Waals surface area contributed by atoms with Gasteiger partial charge in [0.05, 0.1) is 0 Å². The van der Waals surface area contributed by atoms with Crippen LogP contribution in [-0.4, -0.2) is 54.7 Å². The summed E-state index contributed by atoms with van der Waals surface area (Å²) in [5.74, 6) is 1.54. The average Bonchev–Trinajstić information content (AvgIpc) is 3.29. The van der Waals surface area contributed by atoms with Crippen LogP contribution < -0.4 is 9.47 Å². The highest BCUT2D eigenvalue weighted by Gasteiger charge is 2.30. The van der Waals surface area contributed by atoms with Crippen molar-refractivity contribution in [3.63, 3.8) is 0 Å². The van der Waals surface area contributed by atoms with E-state index in [9.17, 15) is 4.79 Å². The van der Waals surface area contributed by atoms with Gasteiger partial charge >= 0.3 is 0 Å². The van der Waals surface area contributed by atoms with Crippen LogP contribution in [0.15, 0.2) is 24.3 Å². The van der Waals surface area contributed by atoms with Crippen molar-refractivity contribution >= 4 is 24.4 Å². The van der Waals surface area contributed by atoms with Crippen LogP contribution in [0, 0.1) is 0 Å². The van der Waals surface area contributed by atoms with E-state index in [2.05, 4.69) is 18.7 Å². The zero-order valence-electron chi connectivity index (χ0n) is 15.8. The second-order valence-corrected chi connectivity index (χ2v) is 6.80. The van der Waals surface area contributed by atoms with Gasteiger partial charge in [0.1, 0.15) is 0 Å². The number of carbonyl (C=O) groups excluding carboxylic acids is 1. The van der Waals surface area contributed by atoms with Crippen molar-refractivity contribution < 1.29 is 14.3 Å². The number of amides is 1. The Labute approximate surface area is 162 Å². The fourth-order valence-electron chi connectivity index (χ4n) is 3.70. The molecule has 3 rings (SSSR count). The normalized spacial score (nSPS) is 19.2. The Morgan fingerprint density at radius 3 is 2.77 bits per heavy atom. The molecule has 6 heteroatoms. The number of benzene rings is 1. The van der Waals surface area contributed by atoms with Gasteiger partial charge in [-0.05, 0) is 43.0 Å². The monoisotopic (exact) mass is 380 g/mol. The lowest BCUT2D eigenvalue weighted by molar-refractivity contribution is -0.126. The van der Waals surface area contributed by atoms with Gasteiger partial charge in [0, 0.05) is 38.3 Å². The Bertz CT molecular complexity index is 646. The summed E-state index contributed by atoms with van der Waals surface area (Å²) in [5, 5.41) is 0. The van der Waals surface area contributed by atoms with E-state index in [0.29, 0.717) is 12.1 Å². The molecule has 0 aliphatic carbocycles. The fraction of sp³-hybridized carbons (Fsp3) is 0.550. The first-order valence-corrected chi connectivity index (χ1v) is 9.21. The van der Waals surface area contributed by atoms with Crippen LogP contribution in [0.2, 0.25) is 0 Å². The molecule has 2 heterocycles. The van der Waals surface area contributed by atoms with Crippen molar-refractivity contribution in [2.45, 2.75) is 45.2 Å². The smallest absolute Gasteiger partial charge is 0.246 e. The Hall–Kier alpha value is -1.72. The van der Waals surface area contributed by atoms with Crippen LogP contribution in [-0.2, 0) is 4.79 Å². The summed E-state index contributed by atoms with van der Waals surface area (Å²) in [6, 6.07) is 6.64. The van der Waals surface area contributed by atoms with Gasteiger partial charge in [0.2, 0.25) is 12.7 Å². The molecule has 0 bridgehead atoms. The maximum Gasteiger partial charge on any atom is 0.246 e. The van der Waals surface area contributed by atoms with Gasteiger partial charge in [0.25, 0.3) is 0 Å². The zero-order valence-corrected chi connectivity index (χ0v) is 16.6. The molecule has 1 aromatic carbocycles. The average molecular weight is 381 g/mol. The second-order valence-electron chi connectivity index (χ2n) is 6.80. The molecule has 26 heavy (non-hydrogen) atoms. The topological polar surface area (TPSA) is 42.0 Å². The fourth-order valence-corrected chi connectivity index (χ4v) is 3.70. The van der Waals surface area contributed by atoms with Crippen molar-refractivity contribution in [3.05, 3.63) is 29.8 Å². The number of fused-ring (bicyclic) bond motifs is 1. The van der Waals surface area contributed by atoms with Crippen LogP contribution in [0.4, 0.5) is 0 Å². The van der Waals surface area contributed by atoms with Crippen molar-refractivity contribution in [1.82, 2.24) is 9.80 Å². The summed E-state index contributed by atoms with van der Waals surface area (Å²) in [7, 11) is 1.91. The Kier molecular flexibility index (Phi) is 7.35. The summed E-state index contributed by atoms with van der Waals surface area (Å²) < 4.78 is 10.7. The molecule has 2 aliphatic rings. The molecule has 144 valence electrons. The predicted octanol–water partition coefficient (Wildman–Crippen LogP) is 3.57. The van der Waals surface area contributed by atoms with E-state index in [-0.39, 0.29) is 25.1 Å². The number of hydrogen-bond acceptors (Lipinski definition) is 4. The van der Waals surface area contributed by atoms with Crippen molar-refractivity contribution in [2.75, 3.05) is 26.9 Å². The van der Waals surface area contributed by atoms with E-state index in [0.717, 1.165) is 36.6 Å². The minimum atomic E-state index is 0. The van der Waals surface area contributed by atoms with Gasteiger partial charge in [-0.3, -0.25) is 9.69 Å². The van der Waals surface area contributed by atoms with Gasteiger partial charge in [-0.25, -0.2) is 0 Å². The zero-order chi connectivity index (χ0) is 17.8. The molecule has 1 aromatic rings. The number of likely N-dealkylation sites (tertiary alicyclic amines) is 1. The van der Waals surface area contributed by atoms with Gasteiger partial charge in [-0.2, -0.15) is 0 Å². The highest BCUT2D eigenvalue weighted by Crippen LogP contribution is 2.32. The summed E-state index contributed by atoms with van der Waals surface area (Å²) >= 11 is 0. The molecule has 1 fully saturated rings. The summed E-state index contributed by atoms with van der Waals surface area (Å²) in [6.45, 7) is 6.81. The SMILES string of the molecule is CCC(CC)N1CCC(N(C)C(=O)/C=C/c2ccc3c(c2)OCO3)C1.Cl. The number of rotatable bonds is 6.